The Bertz CT molecular complexity index is 379. The largest absolute Gasteiger partial charge is 0.452 e. The number of hydrogen-bond acceptors (Lipinski definition) is 3. The quantitative estimate of drug-likeness (QED) is 0.409. The molecule has 0 aromatic carbocycles. The lowest BCUT2D eigenvalue weighted by Crippen LogP contribution is -2.66. The minimum Gasteiger partial charge on any atom is -0.422 e. The van der Waals surface area contributed by atoms with E-state index in [0.29, 0.717) is 0 Å². The first-order valence-corrected chi connectivity index (χ1v) is 33.2. The third kappa shape index (κ3) is 7.38. The highest BCUT2D eigenvalue weighted by Gasteiger charge is 2.49. The van der Waals surface area contributed by atoms with Crippen molar-refractivity contribution in [3.05, 3.63) is 0 Å². The van der Waals surface area contributed by atoms with Gasteiger partial charge in [0.05, 0.1) is 22.8 Å². The Hall–Kier alpha value is 1.40. The van der Waals surface area contributed by atoms with Gasteiger partial charge in [-0.2, -0.15) is 0 Å². The van der Waals surface area contributed by atoms with Gasteiger partial charge in [-0.3, -0.25) is 0 Å². The number of hydrogen-bond donors (Lipinski definition) is 0. The van der Waals surface area contributed by atoms with Gasteiger partial charge in [-0.05, 0) is 39.3 Å². The normalized spacial score (nSPS) is 15.8. The Kier molecular flexibility index (Phi) is 8.48. The second-order valence-corrected chi connectivity index (χ2v) is 62.2. The SMILES string of the molecule is C[Si](C)(C)[Si](C)(C)O[SiH](O[Si](C)(C)[Si](C)(C)C)O[Si](C)(C)[Si](C)(C)C. The molecule has 0 unspecified atom stereocenters. The zero-order chi connectivity index (χ0) is 20.7. The third-order valence-corrected chi connectivity index (χ3v) is 62.5. The van der Waals surface area contributed by atoms with Gasteiger partial charge in [0.1, 0.15) is 0 Å². The van der Waals surface area contributed by atoms with Crippen molar-refractivity contribution >= 4 is 55.8 Å². The summed E-state index contributed by atoms with van der Waals surface area (Å²) in [7, 11) is -11.4. The molecule has 152 valence electrons. The average Bonchev–Trinajstić information content (AvgIpc) is 2.21. The van der Waals surface area contributed by atoms with Gasteiger partial charge < -0.3 is 12.3 Å². The summed E-state index contributed by atoms with van der Waals surface area (Å²) in [5, 5.41) is 0. The molecule has 0 atom stereocenters. The summed E-state index contributed by atoms with van der Waals surface area (Å²) in [5.41, 5.74) is 0. The highest BCUT2D eigenvalue weighted by atomic mass is 29.3. The van der Waals surface area contributed by atoms with Crippen molar-refractivity contribution in [2.75, 3.05) is 0 Å². The summed E-state index contributed by atoms with van der Waals surface area (Å²) in [6, 6.07) is 0. The van der Waals surface area contributed by atoms with Gasteiger partial charge in [-0.15, -0.1) is 0 Å². The van der Waals surface area contributed by atoms with Crippen LogP contribution in [0.4, 0.5) is 0 Å². The van der Waals surface area contributed by atoms with Gasteiger partial charge in [-0.25, -0.2) is 0 Å². The highest BCUT2D eigenvalue weighted by molar-refractivity contribution is 7.41. The van der Waals surface area contributed by atoms with Crippen LogP contribution < -0.4 is 0 Å². The fourth-order valence-corrected chi connectivity index (χ4v) is 25.4. The van der Waals surface area contributed by atoms with E-state index in [-0.39, 0.29) is 0 Å². The topological polar surface area (TPSA) is 27.7 Å². The van der Waals surface area contributed by atoms with E-state index >= 15 is 0 Å². The summed E-state index contributed by atoms with van der Waals surface area (Å²) in [6.07, 6.45) is 0. The maximum Gasteiger partial charge on any atom is 0.452 e. The van der Waals surface area contributed by atoms with Gasteiger partial charge in [0.2, 0.25) is 0 Å². The summed E-state index contributed by atoms with van der Waals surface area (Å²) in [4.78, 5) is 0. The third-order valence-electron chi connectivity index (χ3n) is 6.59. The second kappa shape index (κ2) is 8.03. The first-order chi connectivity index (χ1) is 10.5. The predicted octanol–water partition coefficient (Wildman–Crippen LogP) is 5.62. The molecule has 0 aliphatic rings. The van der Waals surface area contributed by atoms with Gasteiger partial charge in [0.25, 0.3) is 0 Å². The maximum atomic E-state index is 6.87. The van der Waals surface area contributed by atoms with Crippen LogP contribution in [-0.4, -0.2) is 55.8 Å². The first kappa shape index (κ1) is 26.4. The monoisotopic (exact) mass is 470 g/mol. The van der Waals surface area contributed by atoms with Crippen LogP contribution in [0.3, 0.4) is 0 Å². The number of rotatable bonds is 9. The lowest BCUT2D eigenvalue weighted by molar-refractivity contribution is 0.308. The summed E-state index contributed by atoms with van der Waals surface area (Å²) in [5.74, 6) is 0. The van der Waals surface area contributed by atoms with E-state index in [9.17, 15) is 0 Å². The Balaban J connectivity index is 5.70. The van der Waals surface area contributed by atoms with E-state index in [1.807, 2.05) is 0 Å². The standard InChI is InChI=1S/C15H46O3Si7/c1-20(2,3)23(10,11)16-19(17-24(12,13)21(4,5)6)18-25(14,15)22(7,8)9/h19H,1-15H3. The van der Waals surface area contributed by atoms with Crippen LogP contribution in [0.25, 0.3) is 0 Å². The van der Waals surface area contributed by atoms with E-state index in [1.54, 1.807) is 0 Å². The van der Waals surface area contributed by atoms with Crippen LogP contribution in [0.1, 0.15) is 0 Å². The van der Waals surface area contributed by atoms with E-state index in [2.05, 4.69) is 98.2 Å². The summed E-state index contributed by atoms with van der Waals surface area (Å²) in [6.45, 7) is 36.3. The van der Waals surface area contributed by atoms with Crippen LogP contribution in [0, 0.1) is 0 Å². The molecular weight excluding hydrogens is 425 g/mol. The molecule has 0 bridgehead atoms. The van der Waals surface area contributed by atoms with Crippen molar-refractivity contribution in [1.82, 2.24) is 0 Å². The van der Waals surface area contributed by atoms with E-state index in [0.717, 1.165) is 0 Å². The van der Waals surface area contributed by atoms with Crippen molar-refractivity contribution in [1.29, 1.82) is 0 Å². The summed E-state index contributed by atoms with van der Waals surface area (Å²) >= 11 is 0. The highest BCUT2D eigenvalue weighted by Crippen LogP contribution is 2.29. The van der Waals surface area contributed by atoms with Crippen molar-refractivity contribution in [2.24, 2.45) is 0 Å². The van der Waals surface area contributed by atoms with Crippen LogP contribution in [0.15, 0.2) is 0 Å². The lowest BCUT2D eigenvalue weighted by Gasteiger charge is -2.45. The van der Waals surface area contributed by atoms with Gasteiger partial charge >= 0.3 is 9.53 Å². The molecule has 0 heterocycles. The molecule has 25 heavy (non-hydrogen) atoms. The molecule has 0 saturated carbocycles. The van der Waals surface area contributed by atoms with Gasteiger partial charge in [-0.1, -0.05) is 58.9 Å². The lowest BCUT2D eigenvalue weighted by atomic mass is 11.8. The first-order valence-electron chi connectivity index (χ1n) is 9.57. The van der Waals surface area contributed by atoms with Crippen LogP contribution in [-0.2, 0) is 12.3 Å². The molecule has 0 aliphatic heterocycles. The Morgan fingerprint density at radius 2 is 0.520 bits per heavy atom. The minimum absolute atomic E-state index is 1.35. The molecule has 0 aliphatic carbocycles. The summed E-state index contributed by atoms with van der Waals surface area (Å²) < 4.78 is 20.6. The average molecular weight is 471 g/mol. The van der Waals surface area contributed by atoms with E-state index in [4.69, 9.17) is 12.3 Å². The second-order valence-electron chi connectivity index (χ2n) is 11.9. The Morgan fingerprint density at radius 3 is 0.640 bits per heavy atom. The zero-order valence-corrected chi connectivity index (χ0v) is 27.0. The molecule has 0 amide bonds. The van der Waals surface area contributed by atoms with Crippen molar-refractivity contribution in [3.63, 3.8) is 0 Å². The van der Waals surface area contributed by atoms with Crippen LogP contribution in [0.2, 0.25) is 98.2 Å². The van der Waals surface area contributed by atoms with Crippen LogP contribution >= 0.6 is 0 Å². The van der Waals surface area contributed by atoms with E-state index in [1.165, 1.54) is 0 Å². The molecular formula is C15H46O3Si7. The van der Waals surface area contributed by atoms with Crippen molar-refractivity contribution < 1.29 is 12.3 Å². The maximum absolute atomic E-state index is 6.87. The molecule has 0 aromatic rings. The molecule has 0 fully saturated rings. The Morgan fingerprint density at radius 1 is 0.360 bits per heavy atom. The minimum atomic E-state index is -2.12. The van der Waals surface area contributed by atoms with E-state index < -0.39 is 55.8 Å². The molecule has 0 aromatic heterocycles. The molecule has 10 heteroatoms. The molecule has 3 nitrogen and oxygen atoms in total. The fraction of sp³-hybridized carbons (Fsp3) is 1.00. The van der Waals surface area contributed by atoms with Gasteiger partial charge in [0, 0.05) is 0 Å². The molecule has 0 N–H and O–H groups in total. The van der Waals surface area contributed by atoms with Crippen LogP contribution in [0.5, 0.6) is 0 Å². The zero-order valence-electron chi connectivity index (χ0n) is 19.8. The Labute approximate surface area is 166 Å². The fourth-order valence-electron chi connectivity index (χ4n) is 1.32. The van der Waals surface area contributed by atoms with Gasteiger partial charge in [0.15, 0.2) is 23.5 Å². The predicted molar refractivity (Wildman–Crippen MR) is 133 cm³/mol. The van der Waals surface area contributed by atoms with Crippen molar-refractivity contribution in [2.45, 2.75) is 98.2 Å². The molecule has 0 rings (SSSR count). The van der Waals surface area contributed by atoms with Crippen molar-refractivity contribution in [3.8, 4) is 0 Å². The molecule has 0 radical (unpaired) electrons. The smallest absolute Gasteiger partial charge is 0.422 e. The molecule has 0 saturated heterocycles. The molecule has 0 spiro atoms.